The number of hydrogen-bond donors (Lipinski definition) is 1. The number of aliphatic hydroxyl groups is 1. The first kappa shape index (κ1) is 15.2. The Morgan fingerprint density at radius 3 is 2.64 bits per heavy atom. The van der Waals surface area contributed by atoms with Gasteiger partial charge in [-0.25, -0.2) is 0 Å². The number of carbonyl (C=O) groups is 1. The van der Waals surface area contributed by atoms with E-state index in [1.165, 1.54) is 6.20 Å². The molecule has 0 radical (unpaired) electrons. The molecule has 1 aromatic heterocycles. The Balaban J connectivity index is 1.66. The summed E-state index contributed by atoms with van der Waals surface area (Å²) in [5, 5.41) is 10.6. The molecule has 0 unspecified atom stereocenters. The van der Waals surface area contributed by atoms with Crippen molar-refractivity contribution in [3.8, 4) is 11.8 Å². The van der Waals surface area contributed by atoms with Crippen molar-refractivity contribution in [2.24, 2.45) is 0 Å². The van der Waals surface area contributed by atoms with Gasteiger partial charge in [-0.05, 0) is 63.5 Å². The van der Waals surface area contributed by atoms with Crippen LogP contribution in [0.5, 0.6) is 0 Å². The molecule has 3 rings (SSSR count). The van der Waals surface area contributed by atoms with E-state index < -0.39 is 5.60 Å². The van der Waals surface area contributed by atoms with Gasteiger partial charge in [-0.1, -0.05) is 5.92 Å². The maximum absolute atomic E-state index is 12.0. The van der Waals surface area contributed by atoms with Crippen molar-refractivity contribution >= 4 is 5.78 Å². The molecule has 0 bridgehead atoms. The lowest BCUT2D eigenvalue weighted by atomic mass is 9.75. The van der Waals surface area contributed by atoms with E-state index in [9.17, 15) is 9.90 Å². The Hall–Kier alpha value is -1.70. The molecule has 1 saturated heterocycles. The number of carbonyl (C=O) groups excluding carboxylic acids is 1. The summed E-state index contributed by atoms with van der Waals surface area (Å²) in [6, 6.07) is 3.50. The molecular formula is C18H21NO3. The van der Waals surface area contributed by atoms with E-state index in [0.29, 0.717) is 18.4 Å². The van der Waals surface area contributed by atoms with E-state index in [1.807, 2.05) is 6.92 Å². The second-order valence-corrected chi connectivity index (χ2v) is 6.43. The predicted molar refractivity (Wildman–Crippen MR) is 82.4 cm³/mol. The Labute approximate surface area is 130 Å². The van der Waals surface area contributed by atoms with Crippen LogP contribution in [0, 0.1) is 18.8 Å². The summed E-state index contributed by atoms with van der Waals surface area (Å²) in [6.07, 6.45) is 6.47. The van der Waals surface area contributed by atoms with Crippen molar-refractivity contribution in [1.82, 2.24) is 4.98 Å². The number of aryl methyl sites for hydroxylation is 1. The third-order valence-corrected chi connectivity index (χ3v) is 4.76. The van der Waals surface area contributed by atoms with Crippen LogP contribution >= 0.6 is 0 Å². The average molecular weight is 299 g/mol. The molecule has 0 atom stereocenters. The third-order valence-electron chi connectivity index (χ3n) is 4.76. The zero-order valence-corrected chi connectivity index (χ0v) is 12.9. The summed E-state index contributed by atoms with van der Waals surface area (Å²) in [7, 11) is 0. The SMILES string of the molecule is Cc1ccc(C(=O)C#CC2(O)CCC3(CCCO3)CC2)cn1. The fourth-order valence-corrected chi connectivity index (χ4v) is 3.24. The summed E-state index contributed by atoms with van der Waals surface area (Å²) < 4.78 is 5.85. The molecule has 2 aliphatic rings. The van der Waals surface area contributed by atoms with Crippen LogP contribution in [-0.4, -0.2) is 33.7 Å². The summed E-state index contributed by atoms with van der Waals surface area (Å²) in [6.45, 7) is 2.69. The Morgan fingerprint density at radius 1 is 1.27 bits per heavy atom. The number of aromatic nitrogens is 1. The Bertz CT molecular complexity index is 608. The topological polar surface area (TPSA) is 59.4 Å². The number of hydrogen-bond acceptors (Lipinski definition) is 4. The highest BCUT2D eigenvalue weighted by atomic mass is 16.5. The van der Waals surface area contributed by atoms with E-state index in [2.05, 4.69) is 16.8 Å². The van der Waals surface area contributed by atoms with Gasteiger partial charge in [0.2, 0.25) is 5.78 Å². The van der Waals surface area contributed by atoms with Crippen LogP contribution in [0.2, 0.25) is 0 Å². The molecule has 1 N–H and O–H groups in total. The Kier molecular flexibility index (Phi) is 4.03. The maximum Gasteiger partial charge on any atom is 0.237 e. The molecule has 1 aromatic rings. The number of ketones is 1. The minimum atomic E-state index is -1.06. The number of ether oxygens (including phenoxy) is 1. The molecule has 2 fully saturated rings. The average Bonchev–Trinajstić information content (AvgIpc) is 2.98. The van der Waals surface area contributed by atoms with Gasteiger partial charge in [-0.15, -0.1) is 0 Å². The van der Waals surface area contributed by atoms with Crippen molar-refractivity contribution in [1.29, 1.82) is 0 Å². The van der Waals surface area contributed by atoms with Crippen LogP contribution in [0.4, 0.5) is 0 Å². The van der Waals surface area contributed by atoms with Crippen LogP contribution in [0.3, 0.4) is 0 Å². The van der Waals surface area contributed by atoms with E-state index in [-0.39, 0.29) is 11.4 Å². The van der Waals surface area contributed by atoms with Crippen LogP contribution in [-0.2, 0) is 4.74 Å². The minimum Gasteiger partial charge on any atom is -0.378 e. The van der Waals surface area contributed by atoms with Crippen molar-refractivity contribution in [3.05, 3.63) is 29.6 Å². The predicted octanol–water partition coefficient (Wildman–Crippen LogP) is 2.43. The number of pyridine rings is 1. The fourth-order valence-electron chi connectivity index (χ4n) is 3.24. The lowest BCUT2D eigenvalue weighted by Crippen LogP contribution is -2.41. The largest absolute Gasteiger partial charge is 0.378 e. The van der Waals surface area contributed by atoms with E-state index >= 15 is 0 Å². The molecule has 0 aromatic carbocycles. The van der Waals surface area contributed by atoms with Gasteiger partial charge in [0.25, 0.3) is 0 Å². The van der Waals surface area contributed by atoms with Gasteiger partial charge in [0, 0.05) is 24.1 Å². The molecule has 22 heavy (non-hydrogen) atoms. The standard InChI is InChI=1S/C18H21NO3/c1-14-3-4-15(13-19-14)16(20)5-7-17(21)8-10-18(11-9-17)6-2-12-22-18/h3-4,13,21H,2,6,8-12H2,1H3. The highest BCUT2D eigenvalue weighted by molar-refractivity contribution is 6.08. The van der Waals surface area contributed by atoms with Gasteiger partial charge in [-0.3, -0.25) is 9.78 Å². The van der Waals surface area contributed by atoms with Gasteiger partial charge < -0.3 is 9.84 Å². The van der Waals surface area contributed by atoms with Crippen LogP contribution in [0.15, 0.2) is 18.3 Å². The zero-order chi connectivity index (χ0) is 15.6. The maximum atomic E-state index is 12.0. The molecule has 1 aliphatic carbocycles. The molecular weight excluding hydrogens is 278 g/mol. The molecule has 4 heteroatoms. The Morgan fingerprint density at radius 2 is 2.05 bits per heavy atom. The van der Waals surface area contributed by atoms with Gasteiger partial charge in [-0.2, -0.15) is 0 Å². The van der Waals surface area contributed by atoms with E-state index in [4.69, 9.17) is 4.74 Å². The van der Waals surface area contributed by atoms with E-state index in [1.54, 1.807) is 12.1 Å². The normalized spacial score (nSPS) is 30.8. The molecule has 1 spiro atoms. The van der Waals surface area contributed by atoms with Gasteiger partial charge in [0.1, 0.15) is 5.60 Å². The van der Waals surface area contributed by atoms with Crippen LogP contribution in [0.25, 0.3) is 0 Å². The highest BCUT2D eigenvalue weighted by Gasteiger charge is 2.43. The number of nitrogens with zero attached hydrogens (tertiary/aromatic N) is 1. The van der Waals surface area contributed by atoms with Crippen LogP contribution < -0.4 is 0 Å². The lowest BCUT2D eigenvalue weighted by molar-refractivity contribution is -0.0696. The highest BCUT2D eigenvalue weighted by Crippen LogP contribution is 2.42. The fraction of sp³-hybridized carbons (Fsp3) is 0.556. The molecule has 0 amide bonds. The van der Waals surface area contributed by atoms with Crippen molar-refractivity contribution in [3.63, 3.8) is 0 Å². The molecule has 116 valence electrons. The smallest absolute Gasteiger partial charge is 0.237 e. The third kappa shape index (κ3) is 3.21. The summed E-state index contributed by atoms with van der Waals surface area (Å²) >= 11 is 0. The monoisotopic (exact) mass is 299 g/mol. The quantitative estimate of drug-likeness (QED) is 0.491. The van der Waals surface area contributed by atoms with Gasteiger partial charge >= 0.3 is 0 Å². The second-order valence-electron chi connectivity index (χ2n) is 6.43. The number of Topliss-reactive ketones (excluding diaryl/α,β-unsaturated/α-hetero) is 1. The first-order valence-electron chi connectivity index (χ1n) is 7.87. The molecule has 4 nitrogen and oxygen atoms in total. The summed E-state index contributed by atoms with van der Waals surface area (Å²) in [5.41, 5.74) is 0.217. The second kappa shape index (κ2) is 5.83. The van der Waals surface area contributed by atoms with Gasteiger partial charge in [0.05, 0.1) is 5.60 Å². The summed E-state index contributed by atoms with van der Waals surface area (Å²) in [4.78, 5) is 16.1. The van der Waals surface area contributed by atoms with Crippen molar-refractivity contribution in [2.45, 2.75) is 56.7 Å². The zero-order valence-electron chi connectivity index (χ0n) is 12.9. The van der Waals surface area contributed by atoms with Crippen molar-refractivity contribution in [2.75, 3.05) is 6.61 Å². The molecule has 1 saturated carbocycles. The first-order valence-corrected chi connectivity index (χ1v) is 7.87. The van der Waals surface area contributed by atoms with Crippen LogP contribution in [0.1, 0.15) is 54.6 Å². The molecule has 2 heterocycles. The first-order chi connectivity index (χ1) is 10.5. The minimum absolute atomic E-state index is 0.0429. The lowest BCUT2D eigenvalue weighted by Gasteiger charge is -2.38. The summed E-state index contributed by atoms with van der Waals surface area (Å²) in [5.74, 6) is 5.08. The van der Waals surface area contributed by atoms with E-state index in [0.717, 1.165) is 38.0 Å². The van der Waals surface area contributed by atoms with Gasteiger partial charge in [0.15, 0.2) is 0 Å². The molecule has 1 aliphatic heterocycles. The van der Waals surface area contributed by atoms with Crippen molar-refractivity contribution < 1.29 is 14.6 Å². The number of rotatable bonds is 1.